The molecule has 0 atom stereocenters. The molecule has 0 aliphatic heterocycles. The van der Waals surface area contributed by atoms with Gasteiger partial charge in [0.15, 0.2) is 5.78 Å². The van der Waals surface area contributed by atoms with Gasteiger partial charge >= 0.3 is 0 Å². The molecule has 3 nitrogen and oxygen atoms in total. The number of hydrogen-bond acceptors (Lipinski definition) is 3. The monoisotopic (exact) mass is 335 g/mol. The number of halogens is 2. The normalized spacial score (nSPS) is 10.9. The lowest BCUT2D eigenvalue weighted by atomic mass is 10.1. The molecule has 22 heavy (non-hydrogen) atoms. The quantitative estimate of drug-likeness (QED) is 0.419. The fraction of sp³-hybridized carbons (Fsp3) is 0.176. The second-order valence-corrected chi connectivity index (χ2v) is 5.63. The van der Waals surface area contributed by atoms with Crippen LogP contribution < -0.4 is 0 Å². The minimum absolute atomic E-state index is 0.00289. The average molecular weight is 336 g/mol. The third kappa shape index (κ3) is 4.86. The predicted octanol–water partition coefficient (Wildman–Crippen LogP) is 5.08. The fourth-order valence-electron chi connectivity index (χ4n) is 1.78. The minimum Gasteiger partial charge on any atom is -0.391 e. The summed E-state index contributed by atoms with van der Waals surface area (Å²) < 4.78 is 0. The Morgan fingerprint density at radius 2 is 1.91 bits per heavy atom. The summed E-state index contributed by atoms with van der Waals surface area (Å²) in [5.74, 6) is -0.00289. The first-order valence-electron chi connectivity index (χ1n) is 6.74. The lowest BCUT2D eigenvalue weighted by Crippen LogP contribution is -1.99. The molecule has 114 valence electrons. The van der Waals surface area contributed by atoms with E-state index in [9.17, 15) is 4.79 Å². The zero-order valence-electron chi connectivity index (χ0n) is 12.1. The molecule has 0 N–H and O–H groups in total. The maximum Gasteiger partial charge on any atom is 0.168 e. The Labute approximate surface area is 139 Å². The number of carbonyl (C=O) groups excluding carboxylic acids is 1. The standard InChI is InChI=1S/C17H15Cl2NO2/c1-12-2-4-13(5-3-12)17(21)8-9-20-22-11-14-6-7-15(18)10-16(14)19/h2-7,9-10H,8,11H2,1H3. The molecule has 0 fully saturated rings. The first kappa shape index (κ1) is 16.5. The van der Waals surface area contributed by atoms with E-state index in [-0.39, 0.29) is 18.8 Å². The lowest BCUT2D eigenvalue weighted by Gasteiger charge is -2.03. The number of rotatable bonds is 6. The number of ketones is 1. The first-order valence-corrected chi connectivity index (χ1v) is 7.49. The summed E-state index contributed by atoms with van der Waals surface area (Å²) >= 11 is 11.8. The van der Waals surface area contributed by atoms with Gasteiger partial charge in [-0.1, -0.05) is 64.3 Å². The highest BCUT2D eigenvalue weighted by molar-refractivity contribution is 6.35. The van der Waals surface area contributed by atoms with Gasteiger partial charge in [0.05, 0.1) is 6.21 Å². The van der Waals surface area contributed by atoms with Crippen LogP contribution in [0, 0.1) is 6.92 Å². The highest BCUT2D eigenvalue weighted by Gasteiger charge is 2.04. The van der Waals surface area contributed by atoms with Crippen LogP contribution in [0.5, 0.6) is 0 Å². The maximum atomic E-state index is 11.9. The van der Waals surface area contributed by atoms with E-state index in [0.29, 0.717) is 15.6 Å². The van der Waals surface area contributed by atoms with Crippen LogP contribution in [0.3, 0.4) is 0 Å². The average Bonchev–Trinajstić information content (AvgIpc) is 2.49. The topological polar surface area (TPSA) is 38.7 Å². The maximum absolute atomic E-state index is 11.9. The van der Waals surface area contributed by atoms with Gasteiger partial charge in [-0.2, -0.15) is 0 Å². The number of carbonyl (C=O) groups is 1. The molecule has 2 aromatic rings. The molecule has 0 aromatic heterocycles. The highest BCUT2D eigenvalue weighted by atomic mass is 35.5. The van der Waals surface area contributed by atoms with Crippen LogP contribution in [0.2, 0.25) is 10.0 Å². The van der Waals surface area contributed by atoms with E-state index < -0.39 is 0 Å². The first-order chi connectivity index (χ1) is 10.6. The number of aryl methyl sites for hydroxylation is 1. The summed E-state index contributed by atoms with van der Waals surface area (Å²) in [4.78, 5) is 17.0. The van der Waals surface area contributed by atoms with E-state index >= 15 is 0 Å². The van der Waals surface area contributed by atoms with Gasteiger partial charge < -0.3 is 4.84 Å². The van der Waals surface area contributed by atoms with Crippen molar-refractivity contribution < 1.29 is 9.63 Å². The third-order valence-electron chi connectivity index (χ3n) is 3.03. The van der Waals surface area contributed by atoms with Crippen molar-refractivity contribution in [3.05, 3.63) is 69.2 Å². The summed E-state index contributed by atoms with van der Waals surface area (Å²) in [6, 6.07) is 12.6. The molecule has 0 unspecified atom stereocenters. The molecule has 0 heterocycles. The van der Waals surface area contributed by atoms with Gasteiger partial charge in [-0.25, -0.2) is 0 Å². The summed E-state index contributed by atoms with van der Waals surface area (Å²) in [6.45, 7) is 2.21. The summed E-state index contributed by atoms with van der Waals surface area (Å²) in [6.07, 6.45) is 1.64. The molecule has 2 aromatic carbocycles. The molecule has 0 bridgehead atoms. The molecular weight excluding hydrogens is 321 g/mol. The number of oxime groups is 1. The van der Waals surface area contributed by atoms with Crippen molar-refractivity contribution in [2.75, 3.05) is 0 Å². The van der Waals surface area contributed by atoms with Crippen molar-refractivity contribution in [3.8, 4) is 0 Å². The predicted molar refractivity (Wildman–Crippen MR) is 89.9 cm³/mol. The van der Waals surface area contributed by atoms with Gasteiger partial charge in [-0.05, 0) is 19.1 Å². The van der Waals surface area contributed by atoms with Crippen LogP contribution in [-0.4, -0.2) is 12.0 Å². The molecule has 0 spiro atoms. The van der Waals surface area contributed by atoms with Gasteiger partial charge in [0.2, 0.25) is 0 Å². The summed E-state index contributed by atoms with van der Waals surface area (Å²) in [5.41, 5.74) is 2.57. The molecule has 0 aliphatic rings. The SMILES string of the molecule is Cc1ccc(C(=O)CC=NOCc2ccc(Cl)cc2Cl)cc1. The summed E-state index contributed by atoms with van der Waals surface area (Å²) in [5, 5.41) is 4.87. The molecule has 0 amide bonds. The Morgan fingerprint density at radius 1 is 1.18 bits per heavy atom. The van der Waals surface area contributed by atoms with E-state index in [2.05, 4.69) is 5.16 Å². The molecular formula is C17H15Cl2NO2. The van der Waals surface area contributed by atoms with Crippen molar-refractivity contribution in [3.63, 3.8) is 0 Å². The van der Waals surface area contributed by atoms with E-state index in [4.69, 9.17) is 28.0 Å². The fourth-order valence-corrected chi connectivity index (χ4v) is 2.24. The second kappa shape index (κ2) is 7.97. The van der Waals surface area contributed by atoms with Crippen LogP contribution in [0.4, 0.5) is 0 Å². The number of Topliss-reactive ketones (excluding diaryl/α,β-unsaturated/α-hetero) is 1. The van der Waals surface area contributed by atoms with Crippen molar-refractivity contribution in [2.24, 2.45) is 5.16 Å². The van der Waals surface area contributed by atoms with Gasteiger partial charge in [0.1, 0.15) is 6.61 Å². The van der Waals surface area contributed by atoms with Crippen LogP contribution in [-0.2, 0) is 11.4 Å². The van der Waals surface area contributed by atoms with E-state index in [0.717, 1.165) is 11.1 Å². The largest absolute Gasteiger partial charge is 0.391 e. The smallest absolute Gasteiger partial charge is 0.168 e. The second-order valence-electron chi connectivity index (χ2n) is 4.79. The summed E-state index contributed by atoms with van der Waals surface area (Å²) in [7, 11) is 0. The number of hydrogen-bond donors (Lipinski definition) is 0. The van der Waals surface area contributed by atoms with Crippen molar-refractivity contribution in [1.29, 1.82) is 0 Å². The molecule has 0 radical (unpaired) electrons. The van der Waals surface area contributed by atoms with Crippen molar-refractivity contribution in [1.82, 2.24) is 0 Å². The van der Waals surface area contributed by atoms with E-state index in [1.807, 2.05) is 19.1 Å². The van der Waals surface area contributed by atoms with Crippen LogP contribution in [0.25, 0.3) is 0 Å². The lowest BCUT2D eigenvalue weighted by molar-refractivity contribution is 0.0996. The molecule has 0 saturated heterocycles. The Bertz CT molecular complexity index is 682. The highest BCUT2D eigenvalue weighted by Crippen LogP contribution is 2.21. The van der Waals surface area contributed by atoms with Gasteiger partial charge in [0.25, 0.3) is 0 Å². The van der Waals surface area contributed by atoms with Crippen molar-refractivity contribution >= 4 is 35.2 Å². The van der Waals surface area contributed by atoms with E-state index in [1.54, 1.807) is 30.3 Å². The molecule has 0 aliphatic carbocycles. The van der Waals surface area contributed by atoms with E-state index in [1.165, 1.54) is 6.21 Å². The zero-order valence-corrected chi connectivity index (χ0v) is 13.6. The van der Waals surface area contributed by atoms with Crippen LogP contribution >= 0.6 is 23.2 Å². The van der Waals surface area contributed by atoms with Gasteiger partial charge in [-0.3, -0.25) is 4.79 Å². The van der Waals surface area contributed by atoms with Crippen LogP contribution in [0.15, 0.2) is 47.6 Å². The molecule has 0 saturated carbocycles. The zero-order chi connectivity index (χ0) is 15.9. The van der Waals surface area contributed by atoms with Crippen LogP contribution in [0.1, 0.15) is 27.9 Å². The van der Waals surface area contributed by atoms with Gasteiger partial charge in [-0.15, -0.1) is 0 Å². The molecule has 2 rings (SSSR count). The van der Waals surface area contributed by atoms with Crippen molar-refractivity contribution in [2.45, 2.75) is 20.0 Å². The Balaban J connectivity index is 1.80. The Morgan fingerprint density at radius 3 is 2.59 bits per heavy atom. The third-order valence-corrected chi connectivity index (χ3v) is 3.62. The minimum atomic E-state index is -0.00289. The molecule has 5 heteroatoms. The number of nitrogens with zero attached hydrogens (tertiary/aromatic N) is 1. The number of benzene rings is 2. The van der Waals surface area contributed by atoms with Gasteiger partial charge in [0, 0.05) is 27.6 Å². The Hall–Kier alpha value is -1.84. The Kier molecular flexibility index (Phi) is 5.99.